The first kappa shape index (κ1) is 23.8. The number of hydrogen-bond donors (Lipinski definition) is 0. The van der Waals surface area contributed by atoms with Gasteiger partial charge in [0.2, 0.25) is 5.91 Å². The number of carbonyl (C=O) groups excluding carboxylic acids is 2. The highest BCUT2D eigenvalue weighted by molar-refractivity contribution is 6.31. The summed E-state index contributed by atoms with van der Waals surface area (Å²) < 4.78 is 5.06. The number of piperazine rings is 1. The summed E-state index contributed by atoms with van der Waals surface area (Å²) in [4.78, 5) is 36.3. The minimum absolute atomic E-state index is 0.0140. The molecule has 2 saturated heterocycles. The van der Waals surface area contributed by atoms with Crippen molar-refractivity contribution in [3.05, 3.63) is 58.2 Å². The number of aromatic nitrogens is 1. The van der Waals surface area contributed by atoms with E-state index in [2.05, 4.69) is 9.88 Å². The summed E-state index contributed by atoms with van der Waals surface area (Å²) in [5.74, 6) is 0.768. The smallest absolute Gasteiger partial charge is 0.327 e. The Morgan fingerprint density at radius 2 is 1.70 bits per heavy atom. The SMILES string of the molecule is COC(=O)C(c1ccccc1Cl)N1CCN(C(=O)C2CCN(c3ccc(Cl)cn3)CC2)CC1. The number of nitrogens with zero attached hydrogens (tertiary/aromatic N) is 4. The molecule has 1 unspecified atom stereocenters. The van der Waals surface area contributed by atoms with Crippen LogP contribution in [-0.2, 0) is 14.3 Å². The fourth-order valence-electron chi connectivity index (χ4n) is 4.65. The van der Waals surface area contributed by atoms with Gasteiger partial charge in [-0.05, 0) is 36.6 Å². The van der Waals surface area contributed by atoms with Crippen molar-refractivity contribution in [1.82, 2.24) is 14.8 Å². The average Bonchev–Trinajstić information content (AvgIpc) is 2.86. The number of piperidine rings is 1. The first-order chi connectivity index (χ1) is 16.0. The van der Waals surface area contributed by atoms with Crippen molar-refractivity contribution in [3.8, 4) is 0 Å². The number of benzene rings is 1. The molecule has 1 amide bonds. The lowest BCUT2D eigenvalue weighted by Crippen LogP contribution is -2.53. The van der Waals surface area contributed by atoms with Gasteiger partial charge in [-0.2, -0.15) is 0 Å². The number of pyridine rings is 1. The highest BCUT2D eigenvalue weighted by atomic mass is 35.5. The van der Waals surface area contributed by atoms with Gasteiger partial charge in [-0.15, -0.1) is 0 Å². The zero-order chi connectivity index (χ0) is 23.4. The van der Waals surface area contributed by atoms with Crippen LogP contribution in [0.5, 0.6) is 0 Å². The number of halogens is 2. The summed E-state index contributed by atoms with van der Waals surface area (Å²) in [6, 6.07) is 10.5. The molecule has 7 nitrogen and oxygen atoms in total. The predicted molar refractivity (Wildman–Crippen MR) is 129 cm³/mol. The first-order valence-electron chi connectivity index (χ1n) is 11.2. The Labute approximate surface area is 204 Å². The molecule has 2 aromatic rings. The molecule has 2 aliphatic heterocycles. The summed E-state index contributed by atoms with van der Waals surface area (Å²) in [6.07, 6.45) is 3.25. The van der Waals surface area contributed by atoms with Gasteiger partial charge < -0.3 is 14.5 Å². The molecule has 0 spiro atoms. The van der Waals surface area contributed by atoms with Crippen LogP contribution in [0.1, 0.15) is 24.4 Å². The van der Waals surface area contributed by atoms with Gasteiger partial charge in [-0.3, -0.25) is 9.69 Å². The second kappa shape index (κ2) is 10.7. The highest BCUT2D eigenvalue weighted by Crippen LogP contribution is 2.30. The van der Waals surface area contributed by atoms with Gasteiger partial charge in [0.25, 0.3) is 0 Å². The van der Waals surface area contributed by atoms with Crippen LogP contribution in [0.4, 0.5) is 5.82 Å². The van der Waals surface area contributed by atoms with Gasteiger partial charge in [-0.1, -0.05) is 41.4 Å². The van der Waals surface area contributed by atoms with Crippen LogP contribution in [-0.4, -0.2) is 73.0 Å². The summed E-state index contributed by atoms with van der Waals surface area (Å²) in [7, 11) is 1.39. The normalized spacial score (nSPS) is 18.8. The molecule has 0 saturated carbocycles. The molecule has 1 aromatic carbocycles. The van der Waals surface area contributed by atoms with Gasteiger partial charge in [0.1, 0.15) is 11.9 Å². The maximum Gasteiger partial charge on any atom is 0.327 e. The van der Waals surface area contributed by atoms with Crippen LogP contribution in [0.15, 0.2) is 42.6 Å². The summed E-state index contributed by atoms with van der Waals surface area (Å²) in [5, 5.41) is 1.15. The maximum atomic E-state index is 13.2. The Hall–Kier alpha value is -2.35. The van der Waals surface area contributed by atoms with Crippen LogP contribution in [0.25, 0.3) is 0 Å². The average molecular weight is 491 g/mol. The van der Waals surface area contributed by atoms with Crippen LogP contribution in [0, 0.1) is 5.92 Å². The molecule has 4 rings (SSSR count). The molecular formula is C24H28Cl2N4O3. The van der Waals surface area contributed by atoms with E-state index in [1.165, 1.54) is 7.11 Å². The van der Waals surface area contributed by atoms with Crippen LogP contribution < -0.4 is 4.90 Å². The Morgan fingerprint density at radius 3 is 2.30 bits per heavy atom. The lowest BCUT2D eigenvalue weighted by atomic mass is 9.94. The molecule has 0 radical (unpaired) electrons. The number of ether oxygens (including phenoxy) is 1. The van der Waals surface area contributed by atoms with E-state index in [9.17, 15) is 9.59 Å². The Bertz CT molecular complexity index is 972. The van der Waals surface area contributed by atoms with Gasteiger partial charge in [0, 0.05) is 56.4 Å². The van der Waals surface area contributed by atoms with E-state index in [-0.39, 0.29) is 17.8 Å². The van der Waals surface area contributed by atoms with E-state index < -0.39 is 6.04 Å². The molecular weight excluding hydrogens is 463 g/mol. The van der Waals surface area contributed by atoms with Gasteiger partial charge in [0.15, 0.2) is 0 Å². The van der Waals surface area contributed by atoms with Crippen molar-refractivity contribution < 1.29 is 14.3 Å². The minimum Gasteiger partial charge on any atom is -0.468 e. The minimum atomic E-state index is -0.573. The molecule has 9 heteroatoms. The van der Waals surface area contributed by atoms with E-state index in [4.69, 9.17) is 27.9 Å². The third-order valence-electron chi connectivity index (χ3n) is 6.50. The highest BCUT2D eigenvalue weighted by Gasteiger charge is 2.35. The number of amides is 1. The van der Waals surface area contributed by atoms with Crippen molar-refractivity contribution in [1.29, 1.82) is 0 Å². The van der Waals surface area contributed by atoms with E-state index in [1.54, 1.807) is 12.3 Å². The molecule has 2 aliphatic rings. The van der Waals surface area contributed by atoms with E-state index in [1.807, 2.05) is 40.1 Å². The number of esters is 1. The monoisotopic (exact) mass is 490 g/mol. The summed E-state index contributed by atoms with van der Waals surface area (Å²) >= 11 is 12.3. The molecule has 1 aromatic heterocycles. The number of methoxy groups -OCH3 is 1. The molecule has 0 N–H and O–H groups in total. The van der Waals surface area contributed by atoms with E-state index in [0.29, 0.717) is 36.2 Å². The van der Waals surface area contributed by atoms with Crippen molar-refractivity contribution in [2.45, 2.75) is 18.9 Å². The van der Waals surface area contributed by atoms with Crippen molar-refractivity contribution in [2.24, 2.45) is 5.92 Å². The largest absolute Gasteiger partial charge is 0.468 e. The van der Waals surface area contributed by atoms with Crippen LogP contribution >= 0.6 is 23.2 Å². The predicted octanol–water partition coefficient (Wildman–Crippen LogP) is 3.66. The second-order valence-electron chi connectivity index (χ2n) is 8.40. The lowest BCUT2D eigenvalue weighted by Gasteiger charge is -2.40. The number of anilines is 1. The molecule has 3 heterocycles. The summed E-state index contributed by atoms with van der Waals surface area (Å²) in [5.41, 5.74) is 0.731. The summed E-state index contributed by atoms with van der Waals surface area (Å²) in [6.45, 7) is 3.92. The first-order valence-corrected chi connectivity index (χ1v) is 11.9. The molecule has 1 atom stereocenters. The standard InChI is InChI=1S/C24H28Cl2N4O3/c1-33-24(32)22(19-4-2-3-5-20(19)26)29-12-14-30(15-13-29)23(31)17-8-10-28(11-9-17)21-7-6-18(25)16-27-21/h2-7,16-17,22H,8-15H2,1H3. The number of rotatable bonds is 5. The molecule has 2 fully saturated rings. The van der Waals surface area contributed by atoms with Crippen molar-refractivity contribution in [3.63, 3.8) is 0 Å². The number of hydrogen-bond acceptors (Lipinski definition) is 6. The topological polar surface area (TPSA) is 66.0 Å². The molecule has 0 bridgehead atoms. The van der Waals surface area contributed by atoms with Crippen molar-refractivity contribution in [2.75, 3.05) is 51.3 Å². The van der Waals surface area contributed by atoms with E-state index >= 15 is 0 Å². The Balaban J connectivity index is 1.33. The second-order valence-corrected chi connectivity index (χ2v) is 9.25. The van der Waals surface area contributed by atoms with E-state index in [0.717, 1.165) is 37.3 Å². The lowest BCUT2D eigenvalue weighted by molar-refractivity contribution is -0.149. The maximum absolute atomic E-state index is 13.2. The van der Waals surface area contributed by atoms with Crippen LogP contribution in [0.3, 0.4) is 0 Å². The van der Waals surface area contributed by atoms with Gasteiger partial charge in [0.05, 0.1) is 12.1 Å². The quantitative estimate of drug-likeness (QED) is 0.595. The fourth-order valence-corrected chi connectivity index (χ4v) is 5.00. The third kappa shape index (κ3) is 5.42. The Morgan fingerprint density at radius 1 is 1.00 bits per heavy atom. The van der Waals surface area contributed by atoms with Gasteiger partial charge >= 0.3 is 5.97 Å². The Kier molecular flexibility index (Phi) is 7.73. The van der Waals surface area contributed by atoms with Crippen LogP contribution in [0.2, 0.25) is 10.0 Å². The van der Waals surface area contributed by atoms with Crippen molar-refractivity contribution >= 4 is 40.9 Å². The third-order valence-corrected chi connectivity index (χ3v) is 7.06. The molecule has 0 aliphatic carbocycles. The molecule has 33 heavy (non-hydrogen) atoms. The zero-order valence-electron chi connectivity index (χ0n) is 18.6. The molecule has 176 valence electrons. The zero-order valence-corrected chi connectivity index (χ0v) is 20.1. The fraction of sp³-hybridized carbons (Fsp3) is 0.458. The number of carbonyl (C=O) groups is 2. The van der Waals surface area contributed by atoms with Gasteiger partial charge in [-0.25, -0.2) is 9.78 Å².